The Labute approximate surface area is 192 Å². The summed E-state index contributed by atoms with van der Waals surface area (Å²) in [6, 6.07) is 7.23. The number of rotatable bonds is 5. The lowest BCUT2D eigenvalue weighted by molar-refractivity contribution is 0.0597. The zero-order valence-electron chi connectivity index (χ0n) is 18.8. The predicted octanol–water partition coefficient (Wildman–Crippen LogP) is 3.16. The summed E-state index contributed by atoms with van der Waals surface area (Å²) in [5, 5.41) is 11.2. The number of nitrogens with one attached hydrogen (secondary N) is 1. The molecule has 0 unspecified atom stereocenters. The molecule has 1 aromatic carbocycles. The molecule has 0 saturated heterocycles. The molecule has 4 rings (SSSR count). The van der Waals surface area contributed by atoms with E-state index in [2.05, 4.69) is 4.98 Å². The van der Waals surface area contributed by atoms with Crippen LogP contribution in [-0.2, 0) is 18.8 Å². The zero-order chi connectivity index (χ0) is 24.0. The van der Waals surface area contributed by atoms with Gasteiger partial charge in [-0.3, -0.25) is 13.9 Å². The SMILES string of the molecule is CCOc1ccc(-c2[nH]c3c(c2-c2sc(C)c(C(=O)OC)c2O)c(=O)n(C)c(=O)n3C)cc1. The van der Waals surface area contributed by atoms with Gasteiger partial charge in [0, 0.05) is 24.5 Å². The maximum absolute atomic E-state index is 13.2. The van der Waals surface area contributed by atoms with Gasteiger partial charge in [0.1, 0.15) is 22.7 Å². The average Bonchev–Trinajstić information content (AvgIpc) is 3.34. The molecule has 0 aliphatic heterocycles. The van der Waals surface area contributed by atoms with Crippen molar-refractivity contribution in [2.75, 3.05) is 13.7 Å². The average molecular weight is 470 g/mol. The predicted molar refractivity (Wildman–Crippen MR) is 126 cm³/mol. The van der Waals surface area contributed by atoms with Gasteiger partial charge < -0.3 is 19.6 Å². The standard InChI is InChI=1S/C23H23N3O6S/c1-6-32-13-9-7-12(8-10-13)17-15(19-18(27)14(11(2)33-19)22(29)31-5)16-20(24-17)25(3)23(30)26(4)21(16)28/h7-10,24,27H,6H2,1-5H3. The van der Waals surface area contributed by atoms with Crippen molar-refractivity contribution in [3.8, 4) is 33.2 Å². The van der Waals surface area contributed by atoms with E-state index >= 15 is 0 Å². The van der Waals surface area contributed by atoms with Crippen LogP contribution < -0.4 is 16.0 Å². The lowest BCUT2D eigenvalue weighted by Gasteiger charge is -2.07. The van der Waals surface area contributed by atoms with E-state index in [0.29, 0.717) is 44.6 Å². The summed E-state index contributed by atoms with van der Waals surface area (Å²) in [5.74, 6) is -0.256. The topological polar surface area (TPSA) is 116 Å². The first-order chi connectivity index (χ1) is 15.7. The van der Waals surface area contributed by atoms with E-state index in [-0.39, 0.29) is 16.7 Å². The van der Waals surface area contributed by atoms with Gasteiger partial charge >= 0.3 is 11.7 Å². The molecule has 33 heavy (non-hydrogen) atoms. The molecular formula is C23H23N3O6S. The molecule has 9 nitrogen and oxygen atoms in total. The van der Waals surface area contributed by atoms with E-state index in [0.717, 1.165) is 4.57 Å². The van der Waals surface area contributed by atoms with Crippen LogP contribution in [0.2, 0.25) is 0 Å². The fourth-order valence-corrected chi connectivity index (χ4v) is 4.99. The molecule has 0 fully saturated rings. The van der Waals surface area contributed by atoms with Crippen LogP contribution in [0.4, 0.5) is 0 Å². The molecule has 0 bridgehead atoms. The van der Waals surface area contributed by atoms with E-state index in [1.165, 1.54) is 30.1 Å². The Morgan fingerprint density at radius 1 is 1.15 bits per heavy atom. The van der Waals surface area contributed by atoms with Crippen molar-refractivity contribution in [2.45, 2.75) is 13.8 Å². The Morgan fingerprint density at radius 3 is 2.42 bits per heavy atom. The van der Waals surface area contributed by atoms with E-state index in [4.69, 9.17) is 9.47 Å². The highest BCUT2D eigenvalue weighted by atomic mass is 32.1. The molecule has 172 valence electrons. The van der Waals surface area contributed by atoms with Crippen LogP contribution in [0.15, 0.2) is 33.9 Å². The second-order valence-corrected chi connectivity index (χ2v) is 8.69. The van der Waals surface area contributed by atoms with Gasteiger partial charge in [-0.1, -0.05) is 0 Å². The van der Waals surface area contributed by atoms with Crippen molar-refractivity contribution in [3.05, 3.63) is 55.5 Å². The van der Waals surface area contributed by atoms with Crippen LogP contribution in [0.1, 0.15) is 22.2 Å². The van der Waals surface area contributed by atoms with Gasteiger partial charge in [-0.25, -0.2) is 9.59 Å². The number of aromatic hydroxyl groups is 1. The maximum Gasteiger partial charge on any atom is 0.342 e. The third-order valence-corrected chi connectivity index (χ3v) is 6.65. The molecule has 4 aromatic rings. The number of benzene rings is 1. The monoisotopic (exact) mass is 469 g/mol. The molecule has 0 radical (unpaired) electrons. The van der Waals surface area contributed by atoms with Crippen LogP contribution in [-0.4, -0.2) is 38.9 Å². The van der Waals surface area contributed by atoms with E-state index in [1.807, 2.05) is 19.1 Å². The number of ether oxygens (including phenoxy) is 2. The highest BCUT2D eigenvalue weighted by molar-refractivity contribution is 7.16. The van der Waals surface area contributed by atoms with E-state index in [9.17, 15) is 19.5 Å². The molecule has 10 heteroatoms. The van der Waals surface area contributed by atoms with Crippen molar-refractivity contribution >= 4 is 28.3 Å². The Hall–Kier alpha value is -3.79. The summed E-state index contributed by atoms with van der Waals surface area (Å²) in [7, 11) is 4.20. The van der Waals surface area contributed by atoms with Gasteiger partial charge in [-0.2, -0.15) is 0 Å². The minimum Gasteiger partial charge on any atom is -0.505 e. The summed E-state index contributed by atoms with van der Waals surface area (Å²) in [4.78, 5) is 42.1. The van der Waals surface area contributed by atoms with Crippen molar-refractivity contribution in [3.63, 3.8) is 0 Å². The first-order valence-electron chi connectivity index (χ1n) is 10.2. The van der Waals surface area contributed by atoms with E-state index in [1.54, 1.807) is 26.1 Å². The molecule has 3 aromatic heterocycles. The Kier molecular flexibility index (Phi) is 5.62. The second-order valence-electron chi connectivity index (χ2n) is 7.46. The van der Waals surface area contributed by atoms with Gasteiger partial charge in [-0.15, -0.1) is 11.3 Å². The van der Waals surface area contributed by atoms with Crippen molar-refractivity contribution in [1.82, 2.24) is 14.1 Å². The number of hydrogen-bond acceptors (Lipinski definition) is 7. The summed E-state index contributed by atoms with van der Waals surface area (Å²) in [5.41, 5.74) is 1.01. The zero-order valence-corrected chi connectivity index (χ0v) is 19.6. The van der Waals surface area contributed by atoms with Gasteiger partial charge in [0.2, 0.25) is 0 Å². The molecule has 3 heterocycles. The number of methoxy groups -OCH3 is 1. The number of carbonyl (C=O) groups excluding carboxylic acids is 1. The number of aromatic nitrogens is 3. The van der Waals surface area contributed by atoms with E-state index < -0.39 is 17.2 Å². The highest BCUT2D eigenvalue weighted by Crippen LogP contribution is 2.47. The highest BCUT2D eigenvalue weighted by Gasteiger charge is 2.29. The molecule has 2 N–H and O–H groups in total. The van der Waals surface area contributed by atoms with Gasteiger partial charge in [-0.05, 0) is 43.7 Å². The number of hydrogen-bond donors (Lipinski definition) is 2. The number of esters is 1. The second kappa shape index (κ2) is 8.28. The number of aryl methyl sites for hydroxylation is 2. The number of carbonyl (C=O) groups is 1. The van der Waals surface area contributed by atoms with Gasteiger partial charge in [0.15, 0.2) is 0 Å². The number of nitrogens with zero attached hydrogens (tertiary/aromatic N) is 2. The smallest absolute Gasteiger partial charge is 0.342 e. The fraction of sp³-hybridized carbons (Fsp3) is 0.261. The fourth-order valence-electron chi connectivity index (χ4n) is 3.89. The minimum atomic E-state index is -0.671. The summed E-state index contributed by atoms with van der Waals surface area (Å²) in [6.07, 6.45) is 0. The lowest BCUT2D eigenvalue weighted by atomic mass is 10.0. The molecule has 0 spiro atoms. The van der Waals surface area contributed by atoms with Crippen molar-refractivity contribution in [2.24, 2.45) is 14.1 Å². The third kappa shape index (κ3) is 3.43. The largest absolute Gasteiger partial charge is 0.505 e. The number of aromatic amines is 1. The number of thiophene rings is 1. The normalized spacial score (nSPS) is 11.2. The molecule has 0 atom stereocenters. The van der Waals surface area contributed by atoms with Crippen LogP contribution in [0.25, 0.3) is 32.7 Å². The lowest BCUT2D eigenvalue weighted by Crippen LogP contribution is -2.36. The molecule has 0 aliphatic rings. The van der Waals surface area contributed by atoms with Crippen LogP contribution in [0, 0.1) is 6.92 Å². The molecular weight excluding hydrogens is 446 g/mol. The Bertz CT molecular complexity index is 1500. The molecule has 0 amide bonds. The van der Waals surface area contributed by atoms with Crippen LogP contribution in [0.5, 0.6) is 11.5 Å². The van der Waals surface area contributed by atoms with Crippen LogP contribution in [0.3, 0.4) is 0 Å². The third-order valence-electron chi connectivity index (χ3n) is 5.54. The van der Waals surface area contributed by atoms with Crippen molar-refractivity contribution < 1.29 is 19.4 Å². The molecule has 0 aliphatic carbocycles. The summed E-state index contributed by atoms with van der Waals surface area (Å²) >= 11 is 1.17. The first kappa shape index (κ1) is 22.4. The van der Waals surface area contributed by atoms with Crippen LogP contribution >= 0.6 is 11.3 Å². The quantitative estimate of drug-likeness (QED) is 0.434. The van der Waals surface area contributed by atoms with Gasteiger partial charge in [0.05, 0.1) is 29.7 Å². The number of fused-ring (bicyclic) bond motifs is 1. The molecule has 0 saturated carbocycles. The first-order valence-corrected chi connectivity index (χ1v) is 11.0. The Morgan fingerprint density at radius 2 is 1.82 bits per heavy atom. The Balaban J connectivity index is 2.12. The van der Waals surface area contributed by atoms with Crippen molar-refractivity contribution in [1.29, 1.82) is 0 Å². The maximum atomic E-state index is 13.2. The number of H-pyrrole nitrogens is 1. The summed E-state index contributed by atoms with van der Waals surface area (Å²) in [6.45, 7) is 4.11. The minimum absolute atomic E-state index is 0.0473. The summed E-state index contributed by atoms with van der Waals surface area (Å²) < 4.78 is 12.7. The van der Waals surface area contributed by atoms with Gasteiger partial charge in [0.25, 0.3) is 5.56 Å².